The summed E-state index contributed by atoms with van der Waals surface area (Å²) in [5.41, 5.74) is -1.17. The molecule has 0 bridgehead atoms. The van der Waals surface area contributed by atoms with Gasteiger partial charge in [-0.2, -0.15) is 0 Å². The van der Waals surface area contributed by atoms with Gasteiger partial charge in [0.1, 0.15) is 17.2 Å². The summed E-state index contributed by atoms with van der Waals surface area (Å²) in [5, 5.41) is 0. The SMILES string of the molecule is CC(C)(C)OC(=O)C[C@H]1C(=O)CN(C(=O)c2ccccc2)[C@@H]1C(=O)OC(C)(C)C. The van der Waals surface area contributed by atoms with Gasteiger partial charge >= 0.3 is 11.9 Å². The summed E-state index contributed by atoms with van der Waals surface area (Å²) in [6.45, 7) is 10.0. The molecule has 1 aromatic carbocycles. The largest absolute Gasteiger partial charge is 0.460 e. The van der Waals surface area contributed by atoms with Crippen LogP contribution in [-0.2, 0) is 23.9 Å². The number of nitrogens with zero attached hydrogens (tertiary/aromatic N) is 1. The van der Waals surface area contributed by atoms with Gasteiger partial charge in [-0.1, -0.05) is 18.2 Å². The minimum Gasteiger partial charge on any atom is -0.460 e. The van der Waals surface area contributed by atoms with Crippen LogP contribution in [0.15, 0.2) is 30.3 Å². The number of amides is 1. The molecule has 29 heavy (non-hydrogen) atoms. The molecule has 0 aliphatic carbocycles. The van der Waals surface area contributed by atoms with E-state index >= 15 is 0 Å². The van der Waals surface area contributed by atoms with Crippen LogP contribution in [0.3, 0.4) is 0 Å². The second-order valence-electron chi connectivity index (χ2n) is 9.14. The smallest absolute Gasteiger partial charge is 0.330 e. The van der Waals surface area contributed by atoms with Gasteiger partial charge in [0.2, 0.25) is 0 Å². The highest BCUT2D eigenvalue weighted by molar-refractivity contribution is 6.05. The lowest BCUT2D eigenvalue weighted by atomic mass is 9.95. The minimum absolute atomic E-state index is 0.259. The number of ether oxygens (including phenoxy) is 2. The van der Waals surface area contributed by atoms with Crippen LogP contribution in [0.5, 0.6) is 0 Å². The monoisotopic (exact) mass is 403 g/mol. The van der Waals surface area contributed by atoms with E-state index < -0.39 is 41.0 Å². The standard InChI is InChI=1S/C22H29NO6/c1-21(2,3)28-17(25)12-15-16(24)13-23(18(15)20(27)29-22(4,5)6)19(26)14-10-8-7-9-11-14/h7-11,15,18H,12-13H2,1-6H3/t15-,18-/m0/s1. The molecule has 0 aromatic heterocycles. The van der Waals surface area contributed by atoms with E-state index in [1.54, 1.807) is 71.9 Å². The van der Waals surface area contributed by atoms with Crippen LogP contribution in [0.25, 0.3) is 0 Å². The van der Waals surface area contributed by atoms with Crippen molar-refractivity contribution in [2.24, 2.45) is 5.92 Å². The van der Waals surface area contributed by atoms with E-state index in [1.807, 2.05) is 0 Å². The van der Waals surface area contributed by atoms with E-state index in [0.29, 0.717) is 5.56 Å². The Hall–Kier alpha value is -2.70. The predicted octanol–water partition coefficient (Wildman–Crippen LogP) is 2.77. The lowest BCUT2D eigenvalue weighted by molar-refractivity contribution is -0.163. The number of hydrogen-bond donors (Lipinski definition) is 0. The van der Waals surface area contributed by atoms with E-state index in [4.69, 9.17) is 9.47 Å². The summed E-state index contributed by atoms with van der Waals surface area (Å²) in [5.74, 6) is -3.13. The van der Waals surface area contributed by atoms with Crippen LogP contribution in [0.2, 0.25) is 0 Å². The Kier molecular flexibility index (Phi) is 6.50. The van der Waals surface area contributed by atoms with E-state index in [-0.39, 0.29) is 18.7 Å². The van der Waals surface area contributed by atoms with Gasteiger partial charge in [-0.3, -0.25) is 14.4 Å². The summed E-state index contributed by atoms with van der Waals surface area (Å²) in [6.07, 6.45) is -0.293. The molecular weight excluding hydrogens is 374 g/mol. The third-order valence-electron chi connectivity index (χ3n) is 4.19. The topological polar surface area (TPSA) is 90.0 Å². The molecule has 0 N–H and O–H groups in total. The fourth-order valence-corrected chi connectivity index (χ4v) is 3.16. The Balaban J connectivity index is 2.33. The maximum atomic E-state index is 13.0. The molecule has 1 heterocycles. The first kappa shape index (κ1) is 22.6. The van der Waals surface area contributed by atoms with Crippen molar-refractivity contribution in [1.82, 2.24) is 4.90 Å². The molecule has 158 valence electrons. The van der Waals surface area contributed by atoms with Crippen LogP contribution >= 0.6 is 0 Å². The molecule has 7 nitrogen and oxygen atoms in total. The Morgan fingerprint density at radius 2 is 1.52 bits per heavy atom. The highest BCUT2D eigenvalue weighted by atomic mass is 16.6. The Bertz CT molecular complexity index is 788. The number of likely N-dealkylation sites (tertiary alicyclic amines) is 1. The van der Waals surface area contributed by atoms with Gasteiger partial charge in [0.15, 0.2) is 5.78 Å². The normalized spacial score (nSPS) is 19.8. The molecule has 1 saturated heterocycles. The van der Waals surface area contributed by atoms with Gasteiger partial charge in [0.25, 0.3) is 5.91 Å². The Morgan fingerprint density at radius 3 is 2.03 bits per heavy atom. The van der Waals surface area contributed by atoms with Gasteiger partial charge in [-0.05, 0) is 53.7 Å². The Morgan fingerprint density at radius 1 is 0.966 bits per heavy atom. The average Bonchev–Trinajstić information content (AvgIpc) is 2.88. The van der Waals surface area contributed by atoms with Crippen molar-refractivity contribution < 1.29 is 28.7 Å². The zero-order chi connectivity index (χ0) is 22.0. The number of ketones is 1. The van der Waals surface area contributed by atoms with Crippen molar-refractivity contribution in [2.75, 3.05) is 6.54 Å². The van der Waals surface area contributed by atoms with E-state index in [2.05, 4.69) is 0 Å². The number of rotatable bonds is 4. The molecule has 0 saturated carbocycles. The van der Waals surface area contributed by atoms with Crippen LogP contribution in [0.4, 0.5) is 0 Å². The van der Waals surface area contributed by atoms with Crippen LogP contribution in [-0.4, -0.2) is 52.3 Å². The zero-order valence-electron chi connectivity index (χ0n) is 17.9. The van der Waals surface area contributed by atoms with Crippen molar-refractivity contribution >= 4 is 23.6 Å². The number of hydrogen-bond acceptors (Lipinski definition) is 6. The van der Waals surface area contributed by atoms with Crippen molar-refractivity contribution in [3.05, 3.63) is 35.9 Å². The molecule has 1 aromatic rings. The summed E-state index contributed by atoms with van der Waals surface area (Å²) in [4.78, 5) is 52.1. The summed E-state index contributed by atoms with van der Waals surface area (Å²) >= 11 is 0. The molecule has 7 heteroatoms. The van der Waals surface area contributed by atoms with Gasteiger partial charge in [-0.25, -0.2) is 4.79 Å². The lowest BCUT2D eigenvalue weighted by Gasteiger charge is -2.29. The van der Waals surface area contributed by atoms with E-state index in [1.165, 1.54) is 4.90 Å². The lowest BCUT2D eigenvalue weighted by Crippen LogP contribution is -2.46. The number of esters is 2. The van der Waals surface area contributed by atoms with Gasteiger partial charge < -0.3 is 14.4 Å². The molecule has 2 atom stereocenters. The van der Waals surface area contributed by atoms with Crippen molar-refractivity contribution in [3.63, 3.8) is 0 Å². The second-order valence-corrected chi connectivity index (χ2v) is 9.14. The van der Waals surface area contributed by atoms with E-state index in [0.717, 1.165) is 0 Å². The number of carbonyl (C=O) groups is 4. The third-order valence-corrected chi connectivity index (χ3v) is 4.19. The molecule has 1 amide bonds. The molecule has 1 aliphatic heterocycles. The molecule has 1 aliphatic rings. The highest BCUT2D eigenvalue weighted by Crippen LogP contribution is 2.29. The molecule has 0 radical (unpaired) electrons. The van der Waals surface area contributed by atoms with Crippen LogP contribution in [0, 0.1) is 5.92 Å². The zero-order valence-corrected chi connectivity index (χ0v) is 17.9. The van der Waals surface area contributed by atoms with Crippen molar-refractivity contribution in [1.29, 1.82) is 0 Å². The average molecular weight is 403 g/mol. The summed E-state index contributed by atoms with van der Waals surface area (Å²) in [7, 11) is 0. The molecular formula is C22H29NO6. The fourth-order valence-electron chi connectivity index (χ4n) is 3.16. The first-order valence-electron chi connectivity index (χ1n) is 9.62. The van der Waals surface area contributed by atoms with Gasteiger partial charge in [-0.15, -0.1) is 0 Å². The highest BCUT2D eigenvalue weighted by Gasteiger charge is 2.50. The third kappa shape index (κ3) is 6.14. The predicted molar refractivity (Wildman–Crippen MR) is 106 cm³/mol. The molecule has 0 spiro atoms. The van der Waals surface area contributed by atoms with Crippen molar-refractivity contribution in [2.45, 2.75) is 65.2 Å². The summed E-state index contributed by atoms with van der Waals surface area (Å²) in [6, 6.07) is 7.21. The van der Waals surface area contributed by atoms with E-state index in [9.17, 15) is 19.2 Å². The molecule has 1 fully saturated rings. The first-order valence-corrected chi connectivity index (χ1v) is 9.62. The molecule has 2 rings (SSSR count). The quantitative estimate of drug-likeness (QED) is 0.718. The number of benzene rings is 1. The van der Waals surface area contributed by atoms with Gasteiger partial charge in [0, 0.05) is 5.56 Å². The number of Topliss-reactive ketones (excluding diaryl/α,β-unsaturated/α-hetero) is 1. The molecule has 0 unspecified atom stereocenters. The fraction of sp³-hybridized carbons (Fsp3) is 0.545. The second kappa shape index (κ2) is 8.35. The van der Waals surface area contributed by atoms with Crippen molar-refractivity contribution in [3.8, 4) is 0 Å². The maximum absolute atomic E-state index is 13.0. The Labute approximate surface area is 171 Å². The minimum atomic E-state index is -1.18. The van der Waals surface area contributed by atoms with Crippen LogP contribution < -0.4 is 0 Å². The number of carbonyl (C=O) groups excluding carboxylic acids is 4. The first-order chi connectivity index (χ1) is 13.3. The maximum Gasteiger partial charge on any atom is 0.330 e. The van der Waals surface area contributed by atoms with Gasteiger partial charge in [0.05, 0.1) is 18.9 Å². The van der Waals surface area contributed by atoms with Crippen LogP contribution in [0.1, 0.15) is 58.3 Å². The summed E-state index contributed by atoms with van der Waals surface area (Å²) < 4.78 is 10.8.